The van der Waals surface area contributed by atoms with E-state index in [4.69, 9.17) is 0 Å². The third-order valence-corrected chi connectivity index (χ3v) is 10.3. The van der Waals surface area contributed by atoms with Gasteiger partial charge in [-0.15, -0.1) is 6.58 Å². The molecule has 0 radical (unpaired) electrons. The van der Waals surface area contributed by atoms with Crippen LogP contribution in [0.15, 0.2) is 83.2 Å². The molecule has 202 valence electrons. The zero-order valence-corrected chi connectivity index (χ0v) is 23.3. The largest absolute Gasteiger partial charge is 0.351 e. The lowest BCUT2D eigenvalue weighted by Gasteiger charge is -2.39. The Morgan fingerprint density at radius 3 is 2.37 bits per heavy atom. The molecule has 9 nitrogen and oxygen atoms in total. The van der Waals surface area contributed by atoms with E-state index >= 15 is 0 Å². The first kappa shape index (κ1) is 27.9. The van der Waals surface area contributed by atoms with Gasteiger partial charge in [-0.25, -0.2) is 16.8 Å². The molecule has 11 heteroatoms. The van der Waals surface area contributed by atoms with Gasteiger partial charge in [-0.1, -0.05) is 45.0 Å². The second kappa shape index (κ2) is 10.6. The Morgan fingerprint density at radius 2 is 1.71 bits per heavy atom. The lowest BCUT2D eigenvalue weighted by Crippen LogP contribution is -2.61. The average Bonchev–Trinajstić information content (AvgIpc) is 2.90. The predicted molar refractivity (Wildman–Crippen MR) is 147 cm³/mol. The molecule has 0 aliphatic carbocycles. The minimum absolute atomic E-state index is 0.00796. The number of aromatic nitrogens is 1. The Morgan fingerprint density at radius 1 is 1.03 bits per heavy atom. The summed E-state index contributed by atoms with van der Waals surface area (Å²) in [5, 5.41) is 3.27. The van der Waals surface area contributed by atoms with E-state index in [0.717, 1.165) is 9.87 Å². The fraction of sp³-hybridized carbons (Fsp3) is 0.333. The van der Waals surface area contributed by atoms with E-state index in [-0.39, 0.29) is 41.4 Å². The smallest absolute Gasteiger partial charge is 0.243 e. The van der Waals surface area contributed by atoms with Crippen LogP contribution in [0.5, 0.6) is 0 Å². The molecule has 38 heavy (non-hydrogen) atoms. The van der Waals surface area contributed by atoms with Crippen molar-refractivity contribution < 1.29 is 21.6 Å². The minimum atomic E-state index is -4.13. The molecule has 0 unspecified atom stereocenters. The van der Waals surface area contributed by atoms with Gasteiger partial charge in [-0.3, -0.25) is 9.78 Å². The Balaban J connectivity index is 1.67. The van der Waals surface area contributed by atoms with Gasteiger partial charge >= 0.3 is 0 Å². The topological polar surface area (TPSA) is 117 Å². The molecule has 1 aliphatic rings. The first-order chi connectivity index (χ1) is 17.9. The maximum Gasteiger partial charge on any atom is 0.243 e. The fourth-order valence-corrected chi connectivity index (χ4v) is 7.42. The normalized spacial score (nSPS) is 17.8. The summed E-state index contributed by atoms with van der Waals surface area (Å²) in [4.78, 5) is 17.4. The SMILES string of the molecule is C=CCNC(=O)[C@@H]1CN(S(=O)(=O)c2ccc(C(C)(C)C)cc2)CCN1S(=O)(=O)c1ccc2ncccc2c1. The Hall–Kier alpha value is -3.12. The number of hydrogen-bond acceptors (Lipinski definition) is 6. The monoisotopic (exact) mass is 556 g/mol. The van der Waals surface area contributed by atoms with Crippen LogP contribution in [0.3, 0.4) is 0 Å². The van der Waals surface area contributed by atoms with Gasteiger partial charge in [0.2, 0.25) is 26.0 Å². The molecule has 0 bridgehead atoms. The summed E-state index contributed by atoms with van der Waals surface area (Å²) in [5.74, 6) is -0.598. The highest BCUT2D eigenvalue weighted by Crippen LogP contribution is 2.28. The van der Waals surface area contributed by atoms with E-state index in [9.17, 15) is 21.6 Å². The van der Waals surface area contributed by atoms with Gasteiger partial charge in [0, 0.05) is 37.8 Å². The molecule has 1 atom stereocenters. The molecule has 1 aromatic heterocycles. The minimum Gasteiger partial charge on any atom is -0.351 e. The molecular formula is C27H32N4O5S2. The lowest BCUT2D eigenvalue weighted by molar-refractivity contribution is -0.125. The van der Waals surface area contributed by atoms with Crippen molar-refractivity contribution in [3.8, 4) is 0 Å². The number of carbonyl (C=O) groups is 1. The number of rotatable bonds is 7. The number of hydrogen-bond donors (Lipinski definition) is 1. The van der Waals surface area contributed by atoms with Crippen molar-refractivity contribution in [2.75, 3.05) is 26.2 Å². The van der Waals surface area contributed by atoms with Gasteiger partial charge in [0.25, 0.3) is 0 Å². The van der Waals surface area contributed by atoms with Gasteiger partial charge in [0.05, 0.1) is 15.3 Å². The van der Waals surface area contributed by atoms with E-state index in [1.54, 1.807) is 48.7 Å². The highest BCUT2D eigenvalue weighted by molar-refractivity contribution is 7.89. The van der Waals surface area contributed by atoms with Crippen LogP contribution in [-0.4, -0.2) is 68.6 Å². The molecule has 1 fully saturated rings. The van der Waals surface area contributed by atoms with Crippen molar-refractivity contribution in [1.29, 1.82) is 0 Å². The van der Waals surface area contributed by atoms with Crippen molar-refractivity contribution in [3.05, 3.63) is 79.0 Å². The maximum atomic E-state index is 13.7. The summed E-state index contributed by atoms with van der Waals surface area (Å²) in [6, 6.07) is 13.4. The first-order valence-corrected chi connectivity index (χ1v) is 15.1. The molecule has 1 saturated heterocycles. The summed E-state index contributed by atoms with van der Waals surface area (Å²) in [6.07, 6.45) is 3.09. The molecule has 1 N–H and O–H groups in total. The van der Waals surface area contributed by atoms with E-state index in [2.05, 4.69) is 16.9 Å². The molecule has 2 aromatic carbocycles. The fourth-order valence-electron chi connectivity index (χ4n) is 4.38. The number of nitrogens with one attached hydrogen (secondary N) is 1. The van der Waals surface area contributed by atoms with Gasteiger partial charge in [0.15, 0.2) is 0 Å². The summed E-state index contributed by atoms with van der Waals surface area (Å²) in [7, 11) is -8.10. The third kappa shape index (κ3) is 5.51. The van der Waals surface area contributed by atoms with Crippen LogP contribution in [0.4, 0.5) is 0 Å². The summed E-state index contributed by atoms with van der Waals surface area (Å²) in [5.41, 5.74) is 1.48. The van der Waals surface area contributed by atoms with Crippen LogP contribution in [-0.2, 0) is 30.3 Å². The Kier molecular flexibility index (Phi) is 7.76. The van der Waals surface area contributed by atoms with Crippen molar-refractivity contribution in [2.24, 2.45) is 0 Å². The highest BCUT2D eigenvalue weighted by Gasteiger charge is 2.43. The van der Waals surface area contributed by atoms with E-state index in [1.165, 1.54) is 22.5 Å². The number of nitrogens with zero attached hydrogens (tertiary/aromatic N) is 3. The molecule has 3 aromatic rings. The number of benzene rings is 2. The molecule has 4 rings (SSSR count). The van der Waals surface area contributed by atoms with Gasteiger partial charge in [0.1, 0.15) is 6.04 Å². The molecule has 2 heterocycles. The van der Waals surface area contributed by atoms with E-state index in [0.29, 0.717) is 10.9 Å². The molecule has 1 aliphatic heterocycles. The second-order valence-electron chi connectivity index (χ2n) is 10.2. The Labute approximate surface area is 224 Å². The number of carbonyl (C=O) groups excluding carboxylic acids is 1. The lowest BCUT2D eigenvalue weighted by atomic mass is 9.87. The van der Waals surface area contributed by atoms with Gasteiger partial charge in [-0.05, 0) is 47.4 Å². The average molecular weight is 557 g/mol. The number of pyridine rings is 1. The van der Waals surface area contributed by atoms with Crippen molar-refractivity contribution in [2.45, 2.75) is 42.0 Å². The third-order valence-electron chi connectivity index (χ3n) is 6.56. The first-order valence-electron chi connectivity index (χ1n) is 12.2. The van der Waals surface area contributed by atoms with Crippen LogP contribution >= 0.6 is 0 Å². The van der Waals surface area contributed by atoms with Gasteiger partial charge < -0.3 is 5.32 Å². The van der Waals surface area contributed by atoms with Gasteiger partial charge in [-0.2, -0.15) is 8.61 Å². The number of amides is 1. The van der Waals surface area contributed by atoms with Crippen LogP contribution < -0.4 is 5.32 Å². The van der Waals surface area contributed by atoms with Crippen LogP contribution in [0, 0.1) is 0 Å². The zero-order chi connectivity index (χ0) is 27.7. The van der Waals surface area contributed by atoms with E-state index in [1.807, 2.05) is 20.8 Å². The maximum absolute atomic E-state index is 13.7. The number of piperazine rings is 1. The molecule has 0 saturated carbocycles. The van der Waals surface area contributed by atoms with Crippen LogP contribution in [0.25, 0.3) is 10.9 Å². The quantitative estimate of drug-likeness (QED) is 0.448. The predicted octanol–water partition coefficient (Wildman–Crippen LogP) is 2.90. The van der Waals surface area contributed by atoms with E-state index < -0.39 is 32.0 Å². The van der Waals surface area contributed by atoms with Crippen molar-refractivity contribution in [1.82, 2.24) is 18.9 Å². The molecule has 0 spiro atoms. The summed E-state index contributed by atoms with van der Waals surface area (Å²) < 4.78 is 56.7. The Bertz CT molecular complexity index is 1560. The number of sulfonamides is 2. The van der Waals surface area contributed by atoms with Crippen LogP contribution in [0.2, 0.25) is 0 Å². The van der Waals surface area contributed by atoms with Crippen LogP contribution in [0.1, 0.15) is 26.3 Å². The number of fused-ring (bicyclic) bond motifs is 1. The summed E-state index contributed by atoms with van der Waals surface area (Å²) in [6.45, 7) is 9.21. The second-order valence-corrected chi connectivity index (χ2v) is 14.0. The molecule has 1 amide bonds. The van der Waals surface area contributed by atoms with Crippen molar-refractivity contribution >= 4 is 36.9 Å². The molecular weight excluding hydrogens is 524 g/mol. The summed E-state index contributed by atoms with van der Waals surface area (Å²) >= 11 is 0. The standard InChI is InChI=1S/C27H32N4O5S2/c1-5-14-29-26(32)25-19-30(37(33,34)22-10-8-21(9-11-22)27(2,3)4)16-17-31(25)38(35,36)23-12-13-24-20(18-23)7-6-15-28-24/h5-13,15,18,25H,1,14,16-17,19H2,2-4H3,(H,29,32)/t25-/m0/s1. The zero-order valence-electron chi connectivity index (χ0n) is 21.7. The highest BCUT2D eigenvalue weighted by atomic mass is 32.2. The van der Waals surface area contributed by atoms with Crippen molar-refractivity contribution in [3.63, 3.8) is 0 Å².